The quantitative estimate of drug-likeness (QED) is 0.603. The molecule has 27 heavy (non-hydrogen) atoms. The molecule has 2 fully saturated rings. The summed E-state index contributed by atoms with van der Waals surface area (Å²) in [5.41, 5.74) is 4.04. The Balaban J connectivity index is 1.60. The van der Waals surface area contributed by atoms with Gasteiger partial charge in [0, 0.05) is 0 Å². The van der Waals surface area contributed by atoms with E-state index >= 15 is 0 Å². The van der Waals surface area contributed by atoms with Gasteiger partial charge in [0.1, 0.15) is 0 Å². The minimum absolute atomic E-state index is 0.140. The molecule has 0 radical (unpaired) electrons. The Kier molecular flexibility index (Phi) is 6.64. The Bertz CT molecular complexity index is 687. The SMILES string of the molecule is CO[C@@H](C[Se]c1c([C@@H]2CCCO2)cccc1[C@@H]1CCCO1)c1ccccc1. The van der Waals surface area contributed by atoms with E-state index in [1.807, 2.05) is 7.11 Å². The molecule has 0 aliphatic carbocycles. The zero-order chi connectivity index (χ0) is 18.5. The number of rotatable bonds is 7. The van der Waals surface area contributed by atoms with Crippen molar-refractivity contribution in [3.63, 3.8) is 0 Å². The number of ether oxygens (including phenoxy) is 3. The standard InChI is InChI=1S/C23H28O3Se/c1-24-22(17-8-3-2-4-9-17)16-27-23-18(20-12-6-14-25-20)10-5-11-19(23)21-13-7-15-26-21/h2-5,8-11,20-22H,6-7,12-16H2,1H3/t20-,21-,22-/m0/s1. The number of methoxy groups -OCH3 is 1. The number of benzene rings is 2. The summed E-state index contributed by atoms with van der Waals surface area (Å²) in [5.74, 6) is 0. The van der Waals surface area contributed by atoms with Crippen LogP contribution in [-0.2, 0) is 14.2 Å². The molecule has 2 saturated heterocycles. The summed E-state index contributed by atoms with van der Waals surface area (Å²) < 4.78 is 19.4. The van der Waals surface area contributed by atoms with Gasteiger partial charge < -0.3 is 0 Å². The first kappa shape index (κ1) is 19.2. The fourth-order valence-corrected chi connectivity index (χ4v) is 6.91. The summed E-state index contributed by atoms with van der Waals surface area (Å²) in [6.07, 6.45) is 5.22. The van der Waals surface area contributed by atoms with Crippen molar-refractivity contribution >= 4 is 19.4 Å². The van der Waals surface area contributed by atoms with Crippen molar-refractivity contribution in [2.24, 2.45) is 0 Å². The molecule has 0 saturated carbocycles. The van der Waals surface area contributed by atoms with Gasteiger partial charge in [0.05, 0.1) is 0 Å². The van der Waals surface area contributed by atoms with Gasteiger partial charge >= 0.3 is 168 Å². The van der Waals surface area contributed by atoms with Gasteiger partial charge in [-0.2, -0.15) is 0 Å². The van der Waals surface area contributed by atoms with Gasteiger partial charge in [-0.05, 0) is 0 Å². The van der Waals surface area contributed by atoms with E-state index in [9.17, 15) is 0 Å². The van der Waals surface area contributed by atoms with E-state index in [0.29, 0.717) is 15.0 Å². The van der Waals surface area contributed by atoms with Gasteiger partial charge in [0.25, 0.3) is 0 Å². The van der Waals surface area contributed by atoms with Crippen molar-refractivity contribution in [2.45, 2.75) is 49.3 Å². The first-order valence-electron chi connectivity index (χ1n) is 9.93. The van der Waals surface area contributed by atoms with Gasteiger partial charge in [-0.1, -0.05) is 0 Å². The molecule has 0 amide bonds. The molecule has 0 unspecified atom stereocenters. The second-order valence-electron chi connectivity index (χ2n) is 7.21. The van der Waals surface area contributed by atoms with Crippen LogP contribution in [0.25, 0.3) is 0 Å². The van der Waals surface area contributed by atoms with Crippen molar-refractivity contribution in [2.75, 3.05) is 20.3 Å². The van der Waals surface area contributed by atoms with Crippen molar-refractivity contribution in [3.8, 4) is 0 Å². The van der Waals surface area contributed by atoms with Crippen LogP contribution in [0.3, 0.4) is 0 Å². The monoisotopic (exact) mass is 432 g/mol. The Morgan fingerprint density at radius 1 is 0.926 bits per heavy atom. The first-order valence-corrected chi connectivity index (χ1v) is 12.0. The average molecular weight is 431 g/mol. The molecule has 0 spiro atoms. The summed E-state index contributed by atoms with van der Waals surface area (Å²) >= 11 is 0.306. The molecule has 2 aromatic carbocycles. The predicted octanol–water partition coefficient (Wildman–Crippen LogP) is 4.53. The summed E-state index contributed by atoms with van der Waals surface area (Å²) in [6, 6.07) is 17.3. The second kappa shape index (κ2) is 9.36. The molecular formula is C23H28O3Se. The van der Waals surface area contributed by atoms with Crippen molar-refractivity contribution in [1.29, 1.82) is 0 Å². The van der Waals surface area contributed by atoms with Crippen molar-refractivity contribution in [3.05, 3.63) is 65.2 Å². The van der Waals surface area contributed by atoms with Gasteiger partial charge in [-0.15, -0.1) is 0 Å². The molecule has 2 aliphatic rings. The van der Waals surface area contributed by atoms with Gasteiger partial charge in [0.15, 0.2) is 0 Å². The van der Waals surface area contributed by atoms with Gasteiger partial charge in [-0.25, -0.2) is 0 Å². The Hall–Kier alpha value is -1.16. The van der Waals surface area contributed by atoms with Crippen molar-refractivity contribution < 1.29 is 14.2 Å². The maximum absolute atomic E-state index is 6.05. The van der Waals surface area contributed by atoms with Crippen LogP contribution in [0.5, 0.6) is 0 Å². The van der Waals surface area contributed by atoms with E-state index in [1.54, 1.807) is 0 Å². The van der Waals surface area contributed by atoms with E-state index in [-0.39, 0.29) is 18.3 Å². The number of hydrogen-bond donors (Lipinski definition) is 0. The van der Waals surface area contributed by atoms with E-state index in [2.05, 4.69) is 48.5 Å². The van der Waals surface area contributed by atoms with Crippen LogP contribution in [0.4, 0.5) is 0 Å². The summed E-state index contributed by atoms with van der Waals surface area (Å²) in [7, 11) is 1.82. The van der Waals surface area contributed by atoms with E-state index in [1.165, 1.54) is 21.2 Å². The second-order valence-corrected chi connectivity index (χ2v) is 9.38. The summed E-state index contributed by atoms with van der Waals surface area (Å²) in [6.45, 7) is 1.76. The molecule has 4 heteroatoms. The summed E-state index contributed by atoms with van der Waals surface area (Å²) in [4.78, 5) is 0. The molecule has 4 rings (SSSR count). The minimum atomic E-state index is 0.140. The van der Waals surface area contributed by atoms with Crippen LogP contribution in [-0.4, -0.2) is 35.3 Å². The van der Waals surface area contributed by atoms with E-state index < -0.39 is 0 Å². The molecule has 2 heterocycles. The number of hydrogen-bond acceptors (Lipinski definition) is 3. The third-order valence-corrected chi connectivity index (χ3v) is 8.04. The Labute approximate surface area is 168 Å². The third-order valence-electron chi connectivity index (χ3n) is 5.46. The van der Waals surface area contributed by atoms with Gasteiger partial charge in [0.2, 0.25) is 0 Å². The molecule has 0 bridgehead atoms. The predicted molar refractivity (Wildman–Crippen MR) is 109 cm³/mol. The molecule has 0 aromatic heterocycles. The third kappa shape index (κ3) is 4.47. The molecule has 0 N–H and O–H groups in total. The fourth-order valence-electron chi connectivity index (χ4n) is 4.02. The molecule has 2 aromatic rings. The van der Waals surface area contributed by atoms with Crippen LogP contribution in [0.2, 0.25) is 5.32 Å². The topological polar surface area (TPSA) is 27.7 Å². The molecule has 3 nitrogen and oxygen atoms in total. The zero-order valence-corrected chi connectivity index (χ0v) is 17.6. The summed E-state index contributed by atoms with van der Waals surface area (Å²) in [5, 5.41) is 1.02. The fraction of sp³-hybridized carbons (Fsp3) is 0.478. The van der Waals surface area contributed by atoms with Gasteiger partial charge in [-0.3, -0.25) is 0 Å². The van der Waals surface area contributed by atoms with Crippen LogP contribution >= 0.6 is 0 Å². The molecule has 144 valence electrons. The van der Waals surface area contributed by atoms with Crippen molar-refractivity contribution in [1.82, 2.24) is 0 Å². The van der Waals surface area contributed by atoms with Crippen LogP contribution in [0.1, 0.15) is 60.7 Å². The first-order chi connectivity index (χ1) is 13.4. The Morgan fingerprint density at radius 3 is 2.07 bits per heavy atom. The average Bonchev–Trinajstić information content (AvgIpc) is 3.43. The van der Waals surface area contributed by atoms with Crippen LogP contribution in [0.15, 0.2) is 48.5 Å². The van der Waals surface area contributed by atoms with E-state index in [0.717, 1.165) is 44.2 Å². The van der Waals surface area contributed by atoms with Crippen LogP contribution in [0, 0.1) is 0 Å². The molecule has 2 aliphatic heterocycles. The maximum atomic E-state index is 6.05. The zero-order valence-electron chi connectivity index (χ0n) is 15.9. The molecule has 3 atom stereocenters. The Morgan fingerprint density at radius 2 is 1.56 bits per heavy atom. The van der Waals surface area contributed by atoms with Crippen LogP contribution < -0.4 is 4.46 Å². The van der Waals surface area contributed by atoms with E-state index in [4.69, 9.17) is 14.2 Å². The normalized spacial score (nSPS) is 23.6. The molecular weight excluding hydrogens is 403 g/mol.